The molecule has 1 N–H and O–H groups in total. The first-order chi connectivity index (χ1) is 17.0. The lowest BCUT2D eigenvalue weighted by molar-refractivity contribution is -0.0500. The lowest BCUT2D eigenvalue weighted by Gasteiger charge is -2.12. The molecule has 2 aromatic heterocycles. The molecule has 0 aromatic carbocycles. The van der Waals surface area contributed by atoms with Gasteiger partial charge in [-0.1, -0.05) is 27.7 Å². The smallest absolute Gasteiger partial charge is 0.506 e. The lowest BCUT2D eigenvalue weighted by atomic mass is 10.1. The summed E-state index contributed by atoms with van der Waals surface area (Å²) in [5.41, 5.74) is -7.94. The van der Waals surface area contributed by atoms with Crippen molar-refractivity contribution in [3.63, 3.8) is 0 Å². The minimum atomic E-state index is -5.94. The van der Waals surface area contributed by atoms with Crippen LogP contribution in [0.2, 0.25) is 0 Å². The molecule has 0 saturated heterocycles. The van der Waals surface area contributed by atoms with Gasteiger partial charge in [-0.25, -0.2) is 0 Å². The first kappa shape index (κ1) is 31.3. The Morgan fingerprint density at radius 2 is 1.35 bits per heavy atom. The molecule has 2 aromatic rings. The minimum absolute atomic E-state index is 0.179. The highest BCUT2D eigenvalue weighted by atomic mass is 32.2. The molecule has 0 spiro atoms. The zero-order chi connectivity index (χ0) is 28.6. The van der Waals surface area contributed by atoms with Crippen LogP contribution in [0.4, 0.5) is 13.2 Å². The maximum absolute atomic E-state index is 12.3. The van der Waals surface area contributed by atoms with E-state index in [0.717, 1.165) is 23.3 Å². The van der Waals surface area contributed by atoms with E-state index in [4.69, 9.17) is 10.5 Å². The summed E-state index contributed by atoms with van der Waals surface area (Å²) in [4.78, 5) is 23.6. The summed E-state index contributed by atoms with van der Waals surface area (Å²) in [6.45, 7) is 8.77. The molecule has 14 heteroatoms. The normalized spacial score (nSPS) is 11.4. The molecule has 0 atom stereocenters. The molecule has 0 saturated carbocycles. The van der Waals surface area contributed by atoms with Gasteiger partial charge in [0.1, 0.15) is 17.9 Å². The van der Waals surface area contributed by atoms with E-state index in [2.05, 4.69) is 18.0 Å². The maximum atomic E-state index is 12.3. The average Bonchev–Trinajstić information content (AvgIpc) is 2.78. The second-order valence-electron chi connectivity index (χ2n) is 8.70. The highest BCUT2D eigenvalue weighted by Gasteiger charge is 2.49. The Labute approximate surface area is 211 Å². The van der Waals surface area contributed by atoms with Crippen LogP contribution >= 0.6 is 0 Å². The summed E-state index contributed by atoms with van der Waals surface area (Å²) in [5.74, 6) is -0.427. The Hall–Kier alpha value is -3.78. The molecule has 0 fully saturated rings. The van der Waals surface area contributed by atoms with Gasteiger partial charge in [-0.3, -0.25) is 9.59 Å². The lowest BCUT2D eigenvalue weighted by Crippen LogP contribution is -2.30. The third kappa shape index (κ3) is 8.68. The van der Waals surface area contributed by atoms with Crippen LogP contribution < -0.4 is 15.3 Å². The standard InChI is InChI=1S/C12H13F3N2O4S.C11H14N2O2/c1-8(2)3-5-17-6-4-10(9(7-16)11(17)18)21-22(19,20)12(13,14)15;1-8(2)3-5-13-6-4-10(14)9(7-12)11(13)15/h4,6,8H,3,5H2,1-2H3;4,6,8,14H,3,5H2,1-2H3. The number of nitrogens with zero attached hydrogens (tertiary/aromatic N) is 4. The van der Waals surface area contributed by atoms with Crippen molar-refractivity contribution in [3.05, 3.63) is 56.4 Å². The van der Waals surface area contributed by atoms with Gasteiger partial charge in [0.2, 0.25) is 0 Å². The fraction of sp³-hybridized carbons (Fsp3) is 0.478. The SMILES string of the molecule is CC(C)CCn1ccc(O)c(C#N)c1=O.CC(C)CCn1ccc(OS(=O)(=O)C(F)(F)F)c(C#N)c1=O. The highest BCUT2D eigenvalue weighted by molar-refractivity contribution is 7.88. The van der Waals surface area contributed by atoms with Crippen LogP contribution in [0.15, 0.2) is 34.1 Å². The molecule has 37 heavy (non-hydrogen) atoms. The minimum Gasteiger partial charge on any atom is -0.506 e. The third-order valence-electron chi connectivity index (χ3n) is 4.87. The van der Waals surface area contributed by atoms with Crippen molar-refractivity contribution in [1.82, 2.24) is 9.13 Å². The molecule has 0 bridgehead atoms. The first-order valence-corrected chi connectivity index (χ1v) is 12.4. The van der Waals surface area contributed by atoms with Gasteiger partial charge in [-0.15, -0.1) is 0 Å². The number of rotatable bonds is 8. The summed E-state index contributed by atoms with van der Waals surface area (Å²) in [7, 11) is -5.94. The summed E-state index contributed by atoms with van der Waals surface area (Å²) < 4.78 is 65.1. The van der Waals surface area contributed by atoms with Crippen molar-refractivity contribution in [2.45, 2.75) is 59.1 Å². The van der Waals surface area contributed by atoms with Gasteiger partial charge in [0.05, 0.1) is 0 Å². The predicted molar refractivity (Wildman–Crippen MR) is 127 cm³/mol. The van der Waals surface area contributed by atoms with Crippen molar-refractivity contribution in [1.29, 1.82) is 10.5 Å². The maximum Gasteiger partial charge on any atom is 0.534 e. The van der Waals surface area contributed by atoms with E-state index in [0.29, 0.717) is 18.9 Å². The number of halogens is 3. The second kappa shape index (κ2) is 13.0. The average molecular weight is 545 g/mol. The van der Waals surface area contributed by atoms with E-state index in [1.54, 1.807) is 6.07 Å². The van der Waals surface area contributed by atoms with Crippen LogP contribution in [-0.4, -0.2) is 28.2 Å². The topological polar surface area (TPSA) is 155 Å². The van der Waals surface area contributed by atoms with E-state index >= 15 is 0 Å². The molecule has 0 unspecified atom stereocenters. The van der Waals surface area contributed by atoms with Gasteiger partial charge in [0, 0.05) is 25.5 Å². The van der Waals surface area contributed by atoms with Gasteiger partial charge < -0.3 is 18.4 Å². The van der Waals surface area contributed by atoms with E-state index in [1.165, 1.54) is 22.9 Å². The Morgan fingerprint density at radius 1 is 0.919 bits per heavy atom. The van der Waals surface area contributed by atoms with Gasteiger partial charge in [-0.05, 0) is 36.8 Å². The number of nitriles is 2. The Balaban J connectivity index is 0.000000397. The number of alkyl halides is 3. The molecule has 0 aliphatic heterocycles. The molecular formula is C23H27F3N4O6S. The Kier molecular flexibility index (Phi) is 10.9. The predicted octanol–water partition coefficient (Wildman–Crippen LogP) is 3.47. The Bertz CT molecular complexity index is 1400. The molecule has 10 nitrogen and oxygen atoms in total. The molecule has 0 amide bonds. The molecular weight excluding hydrogens is 517 g/mol. The molecule has 0 radical (unpaired) electrons. The zero-order valence-corrected chi connectivity index (χ0v) is 21.4. The Morgan fingerprint density at radius 3 is 1.76 bits per heavy atom. The van der Waals surface area contributed by atoms with Crippen molar-refractivity contribution < 1.29 is 30.9 Å². The van der Waals surface area contributed by atoms with Crippen molar-refractivity contribution in [2.24, 2.45) is 11.8 Å². The van der Waals surface area contributed by atoms with Crippen molar-refractivity contribution in [2.75, 3.05) is 0 Å². The van der Waals surface area contributed by atoms with Crippen LogP contribution in [0, 0.1) is 34.5 Å². The van der Waals surface area contributed by atoms with Gasteiger partial charge in [0.15, 0.2) is 16.9 Å². The fourth-order valence-electron chi connectivity index (χ4n) is 2.71. The summed E-state index contributed by atoms with van der Waals surface area (Å²) >= 11 is 0. The second-order valence-corrected chi connectivity index (χ2v) is 10.2. The number of aromatic hydroxyl groups is 1. The van der Waals surface area contributed by atoms with E-state index < -0.39 is 38.1 Å². The number of pyridine rings is 2. The van der Waals surface area contributed by atoms with Gasteiger partial charge in [0.25, 0.3) is 11.1 Å². The first-order valence-electron chi connectivity index (χ1n) is 11.0. The van der Waals surface area contributed by atoms with Crippen molar-refractivity contribution >= 4 is 10.1 Å². The van der Waals surface area contributed by atoms with Gasteiger partial charge in [-0.2, -0.15) is 32.1 Å². The number of hydrogen-bond donors (Lipinski definition) is 1. The number of hydrogen-bond acceptors (Lipinski definition) is 8. The molecule has 0 aliphatic rings. The largest absolute Gasteiger partial charge is 0.534 e. The van der Waals surface area contributed by atoms with Gasteiger partial charge >= 0.3 is 15.6 Å². The molecule has 2 heterocycles. The zero-order valence-electron chi connectivity index (χ0n) is 20.6. The van der Waals surface area contributed by atoms with Crippen LogP contribution in [-0.2, 0) is 23.2 Å². The highest BCUT2D eigenvalue weighted by Crippen LogP contribution is 2.27. The molecule has 202 valence electrons. The fourth-order valence-corrected chi connectivity index (χ4v) is 3.18. The number of aryl methyl sites for hydroxylation is 2. The van der Waals surface area contributed by atoms with Crippen molar-refractivity contribution in [3.8, 4) is 23.6 Å². The third-order valence-corrected chi connectivity index (χ3v) is 5.84. The van der Waals surface area contributed by atoms with Crippen LogP contribution in [0.1, 0.15) is 51.7 Å². The van der Waals surface area contributed by atoms with Crippen LogP contribution in [0.5, 0.6) is 11.5 Å². The molecule has 0 aliphatic carbocycles. The van der Waals surface area contributed by atoms with E-state index in [9.17, 15) is 36.3 Å². The quantitative estimate of drug-likeness (QED) is 0.391. The van der Waals surface area contributed by atoms with Crippen LogP contribution in [0.3, 0.4) is 0 Å². The molecule has 2 rings (SSSR count). The summed E-state index contributed by atoms with van der Waals surface area (Å²) in [5, 5.41) is 26.8. The van der Waals surface area contributed by atoms with Crippen LogP contribution in [0.25, 0.3) is 0 Å². The monoisotopic (exact) mass is 544 g/mol. The van der Waals surface area contributed by atoms with E-state index in [1.807, 2.05) is 13.8 Å². The number of aromatic nitrogens is 2. The summed E-state index contributed by atoms with van der Waals surface area (Å²) in [6.07, 6.45) is 4.08. The van der Waals surface area contributed by atoms with E-state index in [-0.39, 0.29) is 23.8 Å². The summed E-state index contributed by atoms with van der Waals surface area (Å²) in [6, 6.07) is 5.31.